The fourth-order valence-corrected chi connectivity index (χ4v) is 4.12. The molecular weight excluding hydrogens is 394 g/mol. The largest absolute Gasteiger partial charge is 0.467 e. The van der Waals surface area contributed by atoms with Crippen LogP contribution in [0.1, 0.15) is 49.5 Å². The van der Waals surface area contributed by atoms with Crippen molar-refractivity contribution in [3.05, 3.63) is 71.3 Å². The van der Waals surface area contributed by atoms with Crippen LogP contribution in [0.3, 0.4) is 0 Å². The fourth-order valence-electron chi connectivity index (χ4n) is 4.12. The van der Waals surface area contributed by atoms with Crippen LogP contribution in [0.4, 0.5) is 4.79 Å². The van der Waals surface area contributed by atoms with Crippen molar-refractivity contribution in [2.75, 3.05) is 6.54 Å². The van der Waals surface area contributed by atoms with Crippen LogP contribution in [0.2, 0.25) is 0 Å². The molecule has 1 N–H and O–H groups in total. The van der Waals surface area contributed by atoms with Crippen LogP contribution in [0.25, 0.3) is 0 Å². The molecule has 4 rings (SSSR count). The van der Waals surface area contributed by atoms with Gasteiger partial charge in [0.05, 0.1) is 12.8 Å². The number of hydrogen-bond donors (Lipinski definition) is 1. The minimum Gasteiger partial charge on any atom is -0.467 e. The third kappa shape index (κ3) is 4.13. The predicted octanol–water partition coefficient (Wildman–Crippen LogP) is 3.84. The highest BCUT2D eigenvalue weighted by atomic mass is 16.3. The first kappa shape index (κ1) is 20.9. The first-order chi connectivity index (χ1) is 14.9. The van der Waals surface area contributed by atoms with E-state index in [9.17, 15) is 14.4 Å². The zero-order chi connectivity index (χ0) is 22.0. The normalized spacial score (nSPS) is 21.1. The number of benzene rings is 1. The molecule has 1 aromatic heterocycles. The summed E-state index contributed by atoms with van der Waals surface area (Å²) in [4.78, 5) is 41.8. The quantitative estimate of drug-likeness (QED) is 0.719. The Morgan fingerprint density at radius 1 is 1.19 bits per heavy atom. The summed E-state index contributed by atoms with van der Waals surface area (Å²) in [5.41, 5.74) is 1.47. The van der Waals surface area contributed by atoms with Gasteiger partial charge in [0.1, 0.15) is 17.8 Å². The van der Waals surface area contributed by atoms with Gasteiger partial charge < -0.3 is 14.6 Å². The molecule has 0 unspecified atom stereocenters. The number of furan rings is 1. The number of aryl methyl sites for hydroxylation is 1. The number of carbonyl (C=O) groups excluding carboxylic acids is 3. The monoisotopic (exact) mass is 421 g/mol. The third-order valence-electron chi connectivity index (χ3n) is 6.01. The molecule has 7 nitrogen and oxygen atoms in total. The Balaban J connectivity index is 1.55. The highest BCUT2D eigenvalue weighted by molar-refractivity contribution is 6.09. The summed E-state index contributed by atoms with van der Waals surface area (Å²) in [6.45, 7) is 3.59. The predicted molar refractivity (Wildman–Crippen MR) is 115 cm³/mol. The van der Waals surface area contributed by atoms with Crippen molar-refractivity contribution < 1.29 is 18.8 Å². The van der Waals surface area contributed by atoms with Crippen molar-refractivity contribution in [2.24, 2.45) is 0 Å². The molecule has 0 bridgehead atoms. The Kier molecular flexibility index (Phi) is 5.67. The highest BCUT2D eigenvalue weighted by Crippen LogP contribution is 2.30. The highest BCUT2D eigenvalue weighted by Gasteiger charge is 2.49. The lowest BCUT2D eigenvalue weighted by atomic mass is 9.91. The van der Waals surface area contributed by atoms with Crippen molar-refractivity contribution in [3.8, 4) is 0 Å². The molecule has 1 aliphatic carbocycles. The Hall–Kier alpha value is -3.35. The summed E-state index contributed by atoms with van der Waals surface area (Å²) in [6, 6.07) is 10.5. The standard InChI is InChI=1S/C24H27N3O4/c1-17-10-12-18(13-11-17)24(2)22(29)27(23(30)25-24)16-21(28)26(15-20-9-6-14-31-20)19-7-4-3-5-8-19/h6-7,9-14H,3-5,8,15-16H2,1-2H3,(H,25,30)/t24-/m1/s1. The van der Waals surface area contributed by atoms with Gasteiger partial charge in [0, 0.05) is 5.70 Å². The zero-order valence-electron chi connectivity index (χ0n) is 17.9. The molecule has 0 radical (unpaired) electrons. The van der Waals surface area contributed by atoms with Gasteiger partial charge in [-0.1, -0.05) is 35.9 Å². The molecule has 2 aliphatic rings. The lowest BCUT2D eigenvalue weighted by Crippen LogP contribution is -2.44. The van der Waals surface area contributed by atoms with E-state index in [0.717, 1.165) is 41.8 Å². The molecule has 31 heavy (non-hydrogen) atoms. The number of hydrogen-bond acceptors (Lipinski definition) is 4. The van der Waals surface area contributed by atoms with E-state index < -0.39 is 17.5 Å². The van der Waals surface area contributed by atoms with Gasteiger partial charge in [-0.25, -0.2) is 4.79 Å². The first-order valence-electron chi connectivity index (χ1n) is 10.6. The number of carbonyl (C=O) groups is 3. The second-order valence-electron chi connectivity index (χ2n) is 8.31. The average molecular weight is 421 g/mol. The maximum atomic E-state index is 13.3. The second-order valence-corrected chi connectivity index (χ2v) is 8.31. The van der Waals surface area contributed by atoms with Gasteiger partial charge in [-0.05, 0) is 57.2 Å². The second kappa shape index (κ2) is 8.41. The van der Waals surface area contributed by atoms with Crippen LogP contribution in [0.15, 0.2) is 58.9 Å². The molecule has 1 aliphatic heterocycles. The van der Waals surface area contributed by atoms with Crippen LogP contribution in [-0.4, -0.2) is 34.2 Å². The molecule has 1 saturated heterocycles. The molecule has 2 heterocycles. The SMILES string of the molecule is Cc1ccc([C@@]2(C)NC(=O)N(CC(=O)N(Cc3ccco3)C3=CCCCC3)C2=O)cc1. The topological polar surface area (TPSA) is 82.9 Å². The van der Waals surface area contributed by atoms with E-state index in [-0.39, 0.29) is 19.0 Å². The minimum absolute atomic E-state index is 0.274. The molecule has 1 aromatic carbocycles. The average Bonchev–Trinajstić information content (AvgIpc) is 3.36. The molecule has 0 saturated carbocycles. The molecule has 2 aromatic rings. The first-order valence-corrected chi connectivity index (χ1v) is 10.6. The van der Waals surface area contributed by atoms with Crippen LogP contribution in [0, 0.1) is 6.92 Å². The van der Waals surface area contributed by atoms with Crippen LogP contribution in [0.5, 0.6) is 0 Å². The van der Waals surface area contributed by atoms with E-state index in [0.29, 0.717) is 11.3 Å². The maximum absolute atomic E-state index is 13.3. The zero-order valence-corrected chi connectivity index (χ0v) is 17.9. The fraction of sp³-hybridized carbons (Fsp3) is 0.375. The number of nitrogens with one attached hydrogen (secondary N) is 1. The summed E-state index contributed by atoms with van der Waals surface area (Å²) in [7, 11) is 0. The minimum atomic E-state index is -1.19. The van der Waals surface area contributed by atoms with Crippen molar-refractivity contribution in [1.82, 2.24) is 15.1 Å². The van der Waals surface area contributed by atoms with Gasteiger partial charge in [-0.3, -0.25) is 14.5 Å². The summed E-state index contributed by atoms with van der Waals surface area (Å²) in [5, 5.41) is 2.77. The van der Waals surface area contributed by atoms with Crippen LogP contribution < -0.4 is 5.32 Å². The smallest absolute Gasteiger partial charge is 0.325 e. The van der Waals surface area contributed by atoms with E-state index in [4.69, 9.17) is 4.42 Å². The number of rotatable bonds is 6. The van der Waals surface area contributed by atoms with Gasteiger partial charge in [0.2, 0.25) is 5.91 Å². The lowest BCUT2D eigenvalue weighted by Gasteiger charge is -2.28. The molecule has 7 heteroatoms. The number of allylic oxidation sites excluding steroid dienone is 2. The Morgan fingerprint density at radius 3 is 2.61 bits per heavy atom. The summed E-state index contributed by atoms with van der Waals surface area (Å²) >= 11 is 0. The summed E-state index contributed by atoms with van der Waals surface area (Å²) < 4.78 is 5.44. The van der Waals surface area contributed by atoms with Crippen molar-refractivity contribution >= 4 is 17.8 Å². The van der Waals surface area contributed by atoms with Gasteiger partial charge in [-0.15, -0.1) is 0 Å². The number of nitrogens with zero attached hydrogens (tertiary/aromatic N) is 2. The molecule has 4 amide bonds. The molecule has 162 valence electrons. The van der Waals surface area contributed by atoms with E-state index in [1.807, 2.05) is 37.3 Å². The molecule has 1 fully saturated rings. The van der Waals surface area contributed by atoms with E-state index in [1.165, 1.54) is 0 Å². The van der Waals surface area contributed by atoms with E-state index in [1.54, 1.807) is 24.2 Å². The number of urea groups is 1. The third-order valence-corrected chi connectivity index (χ3v) is 6.01. The van der Waals surface area contributed by atoms with Crippen LogP contribution >= 0.6 is 0 Å². The van der Waals surface area contributed by atoms with E-state index >= 15 is 0 Å². The van der Waals surface area contributed by atoms with Gasteiger partial charge >= 0.3 is 6.03 Å². The summed E-state index contributed by atoms with van der Waals surface area (Å²) in [5.74, 6) is -0.0759. The van der Waals surface area contributed by atoms with Crippen molar-refractivity contribution in [3.63, 3.8) is 0 Å². The number of amides is 4. The Morgan fingerprint density at radius 2 is 1.97 bits per heavy atom. The summed E-state index contributed by atoms with van der Waals surface area (Å²) in [6.07, 6.45) is 7.42. The number of imide groups is 1. The molecular formula is C24H27N3O4. The van der Waals surface area contributed by atoms with Gasteiger partial charge in [0.15, 0.2) is 0 Å². The maximum Gasteiger partial charge on any atom is 0.325 e. The van der Waals surface area contributed by atoms with Crippen LogP contribution in [-0.2, 0) is 21.7 Å². The lowest BCUT2D eigenvalue weighted by molar-refractivity contribution is -0.138. The Bertz CT molecular complexity index is 1010. The Labute approximate surface area is 181 Å². The van der Waals surface area contributed by atoms with Gasteiger partial charge in [-0.2, -0.15) is 0 Å². The molecule has 1 atom stereocenters. The van der Waals surface area contributed by atoms with Crippen molar-refractivity contribution in [2.45, 2.75) is 51.6 Å². The van der Waals surface area contributed by atoms with Crippen molar-refractivity contribution in [1.29, 1.82) is 0 Å². The molecule has 0 spiro atoms. The van der Waals surface area contributed by atoms with Gasteiger partial charge in [0.25, 0.3) is 5.91 Å². The van der Waals surface area contributed by atoms with E-state index in [2.05, 4.69) is 11.4 Å².